The maximum atomic E-state index is 14.0. The molecule has 1 atom stereocenters. The van der Waals surface area contributed by atoms with Crippen molar-refractivity contribution in [2.45, 2.75) is 18.9 Å². The Balaban J connectivity index is 1.59. The van der Waals surface area contributed by atoms with E-state index < -0.39 is 6.04 Å². The first-order valence-corrected chi connectivity index (χ1v) is 13.0. The summed E-state index contributed by atoms with van der Waals surface area (Å²) in [5.74, 6) is -0.682. The Labute approximate surface area is 225 Å². The number of hydrogen-bond donors (Lipinski definition) is 2. The van der Waals surface area contributed by atoms with Gasteiger partial charge >= 0.3 is 0 Å². The van der Waals surface area contributed by atoms with Crippen molar-refractivity contribution in [3.63, 3.8) is 0 Å². The van der Waals surface area contributed by atoms with Crippen molar-refractivity contribution in [2.24, 2.45) is 0 Å². The van der Waals surface area contributed by atoms with Gasteiger partial charge in [0.1, 0.15) is 0 Å². The zero-order valence-electron chi connectivity index (χ0n) is 20.0. The molecular weight excluding hydrogens is 511 g/mol. The standard InChI is InChI=1S/C28H26Cl2N4O3/c29-21-9-7-19(15-22(21)30)28(37)34-24-10-8-20(27(36)33-13-4-11-31-12-14-33)16-23(24)32-26(35)17-25(34)18-5-2-1-3-6-18/h1-3,5-10,15-16,25,31H,4,11-14,17H2,(H,32,35). The van der Waals surface area contributed by atoms with E-state index >= 15 is 0 Å². The van der Waals surface area contributed by atoms with Gasteiger partial charge in [-0.1, -0.05) is 53.5 Å². The molecule has 3 aromatic carbocycles. The summed E-state index contributed by atoms with van der Waals surface area (Å²) in [6.45, 7) is 2.88. The van der Waals surface area contributed by atoms with Gasteiger partial charge in [0.05, 0.1) is 33.9 Å². The Morgan fingerprint density at radius 2 is 1.59 bits per heavy atom. The highest BCUT2D eigenvalue weighted by Crippen LogP contribution is 2.40. The monoisotopic (exact) mass is 536 g/mol. The zero-order chi connectivity index (χ0) is 25.9. The van der Waals surface area contributed by atoms with Gasteiger partial charge in [-0.3, -0.25) is 19.3 Å². The van der Waals surface area contributed by atoms with Gasteiger partial charge in [0.15, 0.2) is 0 Å². The molecule has 3 amide bonds. The van der Waals surface area contributed by atoms with Crippen LogP contribution < -0.4 is 15.5 Å². The van der Waals surface area contributed by atoms with Crippen molar-refractivity contribution >= 4 is 52.3 Å². The Kier molecular flexibility index (Phi) is 7.46. The molecule has 2 aliphatic heterocycles. The van der Waals surface area contributed by atoms with Gasteiger partial charge in [-0.2, -0.15) is 0 Å². The van der Waals surface area contributed by atoms with Crippen molar-refractivity contribution in [2.75, 3.05) is 36.4 Å². The summed E-state index contributed by atoms with van der Waals surface area (Å²) in [7, 11) is 0. The number of nitrogens with zero attached hydrogens (tertiary/aromatic N) is 2. The predicted octanol–water partition coefficient (Wildman–Crippen LogP) is 5.16. The first-order valence-electron chi connectivity index (χ1n) is 12.2. The number of amides is 3. The third-order valence-electron chi connectivity index (χ3n) is 6.66. The maximum Gasteiger partial charge on any atom is 0.258 e. The fraction of sp³-hybridized carbons (Fsp3) is 0.250. The molecule has 1 fully saturated rings. The molecule has 0 aromatic heterocycles. The topological polar surface area (TPSA) is 81.8 Å². The molecule has 5 rings (SSSR count). The first-order chi connectivity index (χ1) is 17.9. The van der Waals surface area contributed by atoms with Crippen LogP contribution in [0.15, 0.2) is 66.7 Å². The minimum Gasteiger partial charge on any atom is -0.337 e. The number of hydrogen-bond acceptors (Lipinski definition) is 4. The lowest BCUT2D eigenvalue weighted by Crippen LogP contribution is -2.35. The molecule has 9 heteroatoms. The highest BCUT2D eigenvalue weighted by molar-refractivity contribution is 6.42. The zero-order valence-corrected chi connectivity index (χ0v) is 21.6. The summed E-state index contributed by atoms with van der Waals surface area (Å²) >= 11 is 12.3. The molecule has 0 saturated carbocycles. The van der Waals surface area contributed by atoms with Crippen molar-refractivity contribution in [1.82, 2.24) is 10.2 Å². The molecule has 0 spiro atoms. The van der Waals surface area contributed by atoms with Gasteiger partial charge in [0, 0.05) is 30.8 Å². The minimum atomic E-state index is -0.567. The largest absolute Gasteiger partial charge is 0.337 e. The average molecular weight is 537 g/mol. The molecule has 0 aliphatic carbocycles. The summed E-state index contributed by atoms with van der Waals surface area (Å²) in [6.07, 6.45) is 0.922. The van der Waals surface area contributed by atoms with Crippen LogP contribution in [0.5, 0.6) is 0 Å². The van der Waals surface area contributed by atoms with Crippen LogP contribution in [-0.2, 0) is 4.79 Å². The van der Waals surface area contributed by atoms with E-state index in [1.807, 2.05) is 35.2 Å². The van der Waals surface area contributed by atoms with Crippen molar-refractivity contribution in [3.8, 4) is 0 Å². The first kappa shape index (κ1) is 25.3. The summed E-state index contributed by atoms with van der Waals surface area (Å²) in [5.41, 5.74) is 2.53. The van der Waals surface area contributed by atoms with E-state index in [4.69, 9.17) is 23.2 Å². The van der Waals surface area contributed by atoms with E-state index in [2.05, 4.69) is 10.6 Å². The third-order valence-corrected chi connectivity index (χ3v) is 7.40. The fourth-order valence-electron chi connectivity index (χ4n) is 4.81. The second-order valence-corrected chi connectivity index (χ2v) is 9.92. The molecule has 190 valence electrons. The van der Waals surface area contributed by atoms with Gasteiger partial charge in [-0.25, -0.2) is 0 Å². The van der Waals surface area contributed by atoms with E-state index in [9.17, 15) is 14.4 Å². The summed E-state index contributed by atoms with van der Waals surface area (Å²) < 4.78 is 0. The van der Waals surface area contributed by atoms with E-state index in [0.717, 1.165) is 25.1 Å². The molecule has 1 saturated heterocycles. The van der Waals surface area contributed by atoms with Gasteiger partial charge in [-0.15, -0.1) is 0 Å². The molecular formula is C28H26Cl2N4O3. The average Bonchev–Trinajstić information content (AvgIpc) is 3.27. The van der Waals surface area contributed by atoms with E-state index in [1.54, 1.807) is 35.2 Å². The van der Waals surface area contributed by atoms with Crippen LogP contribution in [-0.4, -0.2) is 48.8 Å². The highest BCUT2D eigenvalue weighted by Gasteiger charge is 2.35. The number of carbonyl (C=O) groups is 3. The number of fused-ring (bicyclic) bond motifs is 1. The Hall–Kier alpha value is -3.39. The molecule has 0 radical (unpaired) electrons. The fourth-order valence-corrected chi connectivity index (χ4v) is 5.11. The molecule has 37 heavy (non-hydrogen) atoms. The summed E-state index contributed by atoms with van der Waals surface area (Å²) in [4.78, 5) is 43.7. The predicted molar refractivity (Wildman–Crippen MR) is 146 cm³/mol. The molecule has 2 aliphatic rings. The molecule has 1 unspecified atom stereocenters. The van der Waals surface area contributed by atoms with Crippen LogP contribution in [0, 0.1) is 0 Å². The highest BCUT2D eigenvalue weighted by atomic mass is 35.5. The van der Waals surface area contributed by atoms with Gasteiger partial charge < -0.3 is 15.5 Å². The summed E-state index contributed by atoms with van der Waals surface area (Å²) in [5, 5.41) is 6.83. The van der Waals surface area contributed by atoms with Crippen molar-refractivity contribution in [3.05, 3.63) is 93.5 Å². The van der Waals surface area contributed by atoms with Crippen LogP contribution in [0.1, 0.15) is 45.2 Å². The smallest absolute Gasteiger partial charge is 0.258 e. The number of benzene rings is 3. The minimum absolute atomic E-state index is 0.0484. The Morgan fingerprint density at radius 3 is 2.38 bits per heavy atom. The maximum absolute atomic E-state index is 14.0. The van der Waals surface area contributed by atoms with Crippen LogP contribution in [0.3, 0.4) is 0 Å². The van der Waals surface area contributed by atoms with Crippen LogP contribution in [0.4, 0.5) is 11.4 Å². The van der Waals surface area contributed by atoms with Gasteiger partial charge in [0.2, 0.25) is 5.91 Å². The molecule has 0 bridgehead atoms. The van der Waals surface area contributed by atoms with E-state index in [-0.39, 0.29) is 29.2 Å². The normalized spacial score (nSPS) is 17.9. The van der Waals surface area contributed by atoms with Crippen molar-refractivity contribution in [1.29, 1.82) is 0 Å². The summed E-state index contributed by atoms with van der Waals surface area (Å²) in [6, 6.07) is 18.7. The Bertz CT molecular complexity index is 1340. The lowest BCUT2D eigenvalue weighted by Gasteiger charge is -2.31. The molecule has 3 aromatic rings. The molecule has 2 heterocycles. The second kappa shape index (κ2) is 10.9. The number of carbonyl (C=O) groups excluding carboxylic acids is 3. The number of halogens is 2. The third kappa shape index (κ3) is 5.34. The number of rotatable bonds is 3. The number of nitrogens with one attached hydrogen (secondary N) is 2. The van der Waals surface area contributed by atoms with E-state index in [0.29, 0.717) is 40.6 Å². The second-order valence-electron chi connectivity index (χ2n) is 9.11. The van der Waals surface area contributed by atoms with Gasteiger partial charge in [-0.05, 0) is 54.9 Å². The molecule has 7 nitrogen and oxygen atoms in total. The lowest BCUT2D eigenvalue weighted by molar-refractivity contribution is -0.116. The lowest BCUT2D eigenvalue weighted by atomic mass is 10.00. The van der Waals surface area contributed by atoms with E-state index in [1.165, 1.54) is 6.07 Å². The SMILES string of the molecule is O=C1CC(c2ccccc2)N(C(=O)c2ccc(Cl)c(Cl)c2)c2ccc(C(=O)N3CCCNCC3)cc2N1. The van der Waals surface area contributed by atoms with Crippen LogP contribution in [0.2, 0.25) is 10.0 Å². The van der Waals surface area contributed by atoms with Crippen LogP contribution in [0.25, 0.3) is 0 Å². The molecule has 2 N–H and O–H groups in total. The quantitative estimate of drug-likeness (QED) is 0.484. The Morgan fingerprint density at radius 1 is 0.838 bits per heavy atom. The van der Waals surface area contributed by atoms with Crippen LogP contribution >= 0.6 is 23.2 Å². The number of anilines is 2. The van der Waals surface area contributed by atoms with Gasteiger partial charge in [0.25, 0.3) is 11.8 Å². The van der Waals surface area contributed by atoms with Crippen molar-refractivity contribution < 1.29 is 14.4 Å².